The molecule has 10 heavy (non-hydrogen) atoms. The molecule has 52 valence electrons. The standard InChI is InChI=1S/C9H11N/c1-7-3-4-9(6-10)8(2)5-7/h9H,1-5H2. The lowest BCUT2D eigenvalue weighted by Gasteiger charge is -2.19. The van der Waals surface area contributed by atoms with Crippen LogP contribution in [-0.4, -0.2) is 0 Å². The minimum atomic E-state index is 0.0884. The highest BCUT2D eigenvalue weighted by atomic mass is 14.3. The van der Waals surface area contributed by atoms with Gasteiger partial charge in [-0.25, -0.2) is 0 Å². The van der Waals surface area contributed by atoms with Crippen LogP contribution in [0, 0.1) is 17.2 Å². The van der Waals surface area contributed by atoms with Crippen molar-refractivity contribution < 1.29 is 0 Å². The van der Waals surface area contributed by atoms with Gasteiger partial charge in [0.1, 0.15) is 0 Å². The van der Waals surface area contributed by atoms with Crippen LogP contribution in [0.5, 0.6) is 0 Å². The lowest BCUT2D eigenvalue weighted by Crippen LogP contribution is -2.07. The van der Waals surface area contributed by atoms with Crippen molar-refractivity contribution in [2.24, 2.45) is 5.92 Å². The molecule has 1 aliphatic carbocycles. The number of hydrogen-bond donors (Lipinski definition) is 0. The Morgan fingerprint density at radius 2 is 2.20 bits per heavy atom. The summed E-state index contributed by atoms with van der Waals surface area (Å²) in [6, 6.07) is 2.23. The SMILES string of the molecule is C=C1CCC(C#N)C(=C)C1. The highest BCUT2D eigenvalue weighted by Gasteiger charge is 2.17. The van der Waals surface area contributed by atoms with Crippen LogP contribution in [0.3, 0.4) is 0 Å². The molecule has 0 aliphatic heterocycles. The average Bonchev–Trinajstić information content (AvgIpc) is 1.88. The Morgan fingerprint density at radius 1 is 1.50 bits per heavy atom. The zero-order chi connectivity index (χ0) is 7.56. The van der Waals surface area contributed by atoms with Crippen LogP contribution in [0.4, 0.5) is 0 Å². The van der Waals surface area contributed by atoms with Crippen molar-refractivity contribution in [1.82, 2.24) is 0 Å². The Balaban J connectivity index is 2.62. The van der Waals surface area contributed by atoms with E-state index in [4.69, 9.17) is 5.26 Å². The van der Waals surface area contributed by atoms with Gasteiger partial charge in [-0.3, -0.25) is 0 Å². The summed E-state index contributed by atoms with van der Waals surface area (Å²) in [6.07, 6.45) is 2.78. The Hall–Kier alpha value is -1.03. The first-order valence-electron chi connectivity index (χ1n) is 3.48. The molecular weight excluding hydrogens is 122 g/mol. The van der Waals surface area contributed by atoms with Crippen molar-refractivity contribution in [2.75, 3.05) is 0 Å². The molecule has 0 spiro atoms. The van der Waals surface area contributed by atoms with E-state index in [0.717, 1.165) is 24.8 Å². The fraction of sp³-hybridized carbons (Fsp3) is 0.444. The Labute approximate surface area is 61.7 Å². The summed E-state index contributed by atoms with van der Waals surface area (Å²) >= 11 is 0. The predicted molar refractivity (Wildman–Crippen MR) is 41.2 cm³/mol. The summed E-state index contributed by atoms with van der Waals surface area (Å²) in [5.41, 5.74) is 2.26. The van der Waals surface area contributed by atoms with Gasteiger partial charge in [-0.1, -0.05) is 24.3 Å². The maximum absolute atomic E-state index is 8.61. The molecule has 0 heterocycles. The zero-order valence-electron chi connectivity index (χ0n) is 6.06. The van der Waals surface area contributed by atoms with Gasteiger partial charge in [-0.05, 0) is 19.3 Å². The highest BCUT2D eigenvalue weighted by molar-refractivity contribution is 5.21. The molecule has 1 atom stereocenters. The molecule has 0 amide bonds. The van der Waals surface area contributed by atoms with Crippen LogP contribution >= 0.6 is 0 Å². The van der Waals surface area contributed by atoms with E-state index in [1.54, 1.807) is 0 Å². The van der Waals surface area contributed by atoms with Gasteiger partial charge in [-0.2, -0.15) is 5.26 Å². The van der Waals surface area contributed by atoms with E-state index >= 15 is 0 Å². The van der Waals surface area contributed by atoms with Crippen LogP contribution in [0.15, 0.2) is 24.3 Å². The van der Waals surface area contributed by atoms with Crippen molar-refractivity contribution in [3.63, 3.8) is 0 Å². The summed E-state index contributed by atoms with van der Waals surface area (Å²) in [5, 5.41) is 8.61. The molecule has 1 unspecified atom stereocenters. The summed E-state index contributed by atoms with van der Waals surface area (Å²) < 4.78 is 0. The molecule has 1 saturated carbocycles. The maximum Gasteiger partial charge on any atom is 0.0700 e. The average molecular weight is 133 g/mol. The first-order chi connectivity index (χ1) is 4.74. The fourth-order valence-corrected chi connectivity index (χ4v) is 1.24. The largest absolute Gasteiger partial charge is 0.198 e. The molecule has 1 rings (SSSR count). The second-order valence-corrected chi connectivity index (χ2v) is 2.81. The van der Waals surface area contributed by atoms with Crippen molar-refractivity contribution in [3.05, 3.63) is 24.3 Å². The van der Waals surface area contributed by atoms with Gasteiger partial charge in [0.2, 0.25) is 0 Å². The molecule has 0 aromatic carbocycles. The Bertz CT molecular complexity index is 207. The molecule has 0 saturated heterocycles. The fourth-order valence-electron chi connectivity index (χ4n) is 1.24. The number of rotatable bonds is 0. The third kappa shape index (κ3) is 1.27. The van der Waals surface area contributed by atoms with Crippen molar-refractivity contribution in [3.8, 4) is 6.07 Å². The van der Waals surface area contributed by atoms with E-state index in [9.17, 15) is 0 Å². The molecule has 0 radical (unpaired) electrons. The molecule has 1 heteroatoms. The minimum absolute atomic E-state index is 0.0884. The van der Waals surface area contributed by atoms with E-state index in [1.807, 2.05) is 0 Å². The molecule has 1 nitrogen and oxygen atoms in total. The molecule has 1 fully saturated rings. The molecule has 1 aliphatic rings. The van der Waals surface area contributed by atoms with E-state index in [0.29, 0.717) is 0 Å². The number of hydrogen-bond acceptors (Lipinski definition) is 1. The second-order valence-electron chi connectivity index (χ2n) is 2.81. The number of nitriles is 1. The quantitative estimate of drug-likeness (QED) is 0.465. The minimum Gasteiger partial charge on any atom is -0.198 e. The smallest absolute Gasteiger partial charge is 0.0700 e. The van der Waals surface area contributed by atoms with Crippen molar-refractivity contribution in [1.29, 1.82) is 5.26 Å². The highest BCUT2D eigenvalue weighted by Crippen LogP contribution is 2.29. The maximum atomic E-state index is 8.61. The molecule has 0 aromatic heterocycles. The van der Waals surface area contributed by atoms with Crippen LogP contribution in [0.1, 0.15) is 19.3 Å². The van der Waals surface area contributed by atoms with Gasteiger partial charge in [0.15, 0.2) is 0 Å². The summed E-state index contributed by atoms with van der Waals surface area (Å²) in [5.74, 6) is 0.0884. The lowest BCUT2D eigenvalue weighted by molar-refractivity contribution is 0.614. The van der Waals surface area contributed by atoms with E-state index in [1.165, 1.54) is 5.57 Å². The molecule has 0 N–H and O–H groups in total. The number of nitrogens with zero attached hydrogens (tertiary/aromatic N) is 1. The zero-order valence-corrected chi connectivity index (χ0v) is 6.06. The van der Waals surface area contributed by atoms with Gasteiger partial charge in [0.05, 0.1) is 12.0 Å². The van der Waals surface area contributed by atoms with Crippen molar-refractivity contribution in [2.45, 2.75) is 19.3 Å². The third-order valence-electron chi connectivity index (χ3n) is 1.91. The lowest BCUT2D eigenvalue weighted by atomic mass is 9.84. The third-order valence-corrected chi connectivity index (χ3v) is 1.91. The van der Waals surface area contributed by atoms with E-state index in [-0.39, 0.29) is 5.92 Å². The second kappa shape index (κ2) is 2.70. The first-order valence-corrected chi connectivity index (χ1v) is 3.48. The van der Waals surface area contributed by atoms with Gasteiger partial charge >= 0.3 is 0 Å². The monoisotopic (exact) mass is 133 g/mol. The predicted octanol–water partition coefficient (Wildman–Crippen LogP) is 2.42. The topological polar surface area (TPSA) is 23.8 Å². The molecule has 0 aromatic rings. The van der Waals surface area contributed by atoms with Gasteiger partial charge < -0.3 is 0 Å². The summed E-state index contributed by atoms with van der Waals surface area (Å²) in [6.45, 7) is 7.70. The summed E-state index contributed by atoms with van der Waals surface area (Å²) in [4.78, 5) is 0. The van der Waals surface area contributed by atoms with Crippen LogP contribution in [-0.2, 0) is 0 Å². The Morgan fingerprint density at radius 3 is 2.70 bits per heavy atom. The Kier molecular flexibility index (Phi) is 1.91. The normalized spacial score (nSPS) is 26.1. The first kappa shape index (κ1) is 7.08. The number of allylic oxidation sites excluding steroid dienone is 2. The summed E-state index contributed by atoms with van der Waals surface area (Å²) in [7, 11) is 0. The van der Waals surface area contributed by atoms with Crippen molar-refractivity contribution >= 4 is 0 Å². The van der Waals surface area contributed by atoms with Crippen LogP contribution in [0.25, 0.3) is 0 Å². The van der Waals surface area contributed by atoms with E-state index < -0.39 is 0 Å². The van der Waals surface area contributed by atoms with E-state index in [2.05, 4.69) is 19.2 Å². The molecular formula is C9H11N. The molecule has 0 bridgehead atoms. The van der Waals surface area contributed by atoms with Gasteiger partial charge in [-0.15, -0.1) is 0 Å². The van der Waals surface area contributed by atoms with Gasteiger partial charge in [0.25, 0.3) is 0 Å². The van der Waals surface area contributed by atoms with Gasteiger partial charge in [0, 0.05) is 0 Å². The van der Waals surface area contributed by atoms with Crippen LogP contribution in [0.2, 0.25) is 0 Å². The van der Waals surface area contributed by atoms with Crippen LogP contribution < -0.4 is 0 Å².